The largest absolute Gasteiger partial charge is 0.495 e. The molecule has 0 amide bonds. The molecule has 3 heteroatoms. The van der Waals surface area contributed by atoms with Crippen LogP contribution in [0, 0.1) is 6.92 Å². The summed E-state index contributed by atoms with van der Waals surface area (Å²) < 4.78 is 5.10. The average Bonchev–Trinajstić information content (AvgIpc) is 2.18. The summed E-state index contributed by atoms with van der Waals surface area (Å²) in [4.78, 5) is 0. The first-order valence-electron chi connectivity index (χ1n) is 4.63. The van der Waals surface area contributed by atoms with Gasteiger partial charge in [-0.05, 0) is 43.0 Å². The molecule has 2 nitrogen and oxygen atoms in total. The Kier molecular flexibility index (Phi) is 4.23. The minimum atomic E-state index is 0.211. The number of methoxy groups -OCH3 is 1. The van der Waals surface area contributed by atoms with Crippen molar-refractivity contribution in [1.82, 2.24) is 0 Å². The molecule has 1 N–H and O–H groups in total. The van der Waals surface area contributed by atoms with Gasteiger partial charge in [-0.3, -0.25) is 0 Å². The van der Waals surface area contributed by atoms with Crippen molar-refractivity contribution < 1.29 is 9.84 Å². The summed E-state index contributed by atoms with van der Waals surface area (Å²) in [5.74, 6) is 0.705. The quantitative estimate of drug-likeness (QED) is 0.835. The summed E-state index contributed by atoms with van der Waals surface area (Å²) in [6.45, 7) is 2.23. The van der Waals surface area contributed by atoms with Crippen molar-refractivity contribution in [1.29, 1.82) is 0 Å². The number of aliphatic hydroxyl groups is 1. The van der Waals surface area contributed by atoms with Crippen molar-refractivity contribution in [2.75, 3.05) is 13.7 Å². The predicted molar refractivity (Wildman–Crippen MR) is 58.1 cm³/mol. The minimum Gasteiger partial charge on any atom is -0.495 e. The van der Waals surface area contributed by atoms with Crippen LogP contribution < -0.4 is 4.74 Å². The van der Waals surface area contributed by atoms with E-state index in [0.717, 1.165) is 18.4 Å². The summed E-state index contributed by atoms with van der Waals surface area (Å²) in [5.41, 5.74) is 2.32. The Morgan fingerprint density at radius 3 is 2.71 bits per heavy atom. The number of aliphatic hydroxyl groups excluding tert-OH is 1. The van der Waals surface area contributed by atoms with E-state index in [-0.39, 0.29) is 6.61 Å². The number of hydrogen-bond donors (Lipinski definition) is 1. The SMILES string of the molecule is COc1cc(C)c(CCCO)cc1Cl. The minimum absolute atomic E-state index is 0.211. The molecule has 0 aromatic heterocycles. The van der Waals surface area contributed by atoms with Crippen LogP contribution in [0.2, 0.25) is 5.02 Å². The Morgan fingerprint density at radius 1 is 1.43 bits per heavy atom. The fourth-order valence-electron chi connectivity index (χ4n) is 1.39. The van der Waals surface area contributed by atoms with Crippen LogP contribution in [0.5, 0.6) is 5.75 Å². The molecule has 0 radical (unpaired) electrons. The van der Waals surface area contributed by atoms with Gasteiger partial charge in [-0.2, -0.15) is 0 Å². The molecule has 0 aliphatic carbocycles. The molecule has 0 saturated carbocycles. The van der Waals surface area contributed by atoms with Gasteiger partial charge >= 0.3 is 0 Å². The van der Waals surface area contributed by atoms with Gasteiger partial charge < -0.3 is 9.84 Å². The highest BCUT2D eigenvalue weighted by molar-refractivity contribution is 6.32. The van der Waals surface area contributed by atoms with E-state index < -0.39 is 0 Å². The van der Waals surface area contributed by atoms with Crippen molar-refractivity contribution >= 4 is 11.6 Å². The molecule has 0 spiro atoms. The van der Waals surface area contributed by atoms with Gasteiger partial charge in [0.25, 0.3) is 0 Å². The zero-order chi connectivity index (χ0) is 10.6. The number of ether oxygens (including phenoxy) is 1. The molecule has 0 saturated heterocycles. The second kappa shape index (κ2) is 5.23. The Bertz CT molecular complexity index is 310. The van der Waals surface area contributed by atoms with Gasteiger partial charge in [-0.15, -0.1) is 0 Å². The Morgan fingerprint density at radius 2 is 2.14 bits per heavy atom. The summed E-state index contributed by atoms with van der Waals surface area (Å²) in [5, 5.41) is 9.36. The number of aryl methyl sites for hydroxylation is 2. The molecule has 14 heavy (non-hydrogen) atoms. The van der Waals surface area contributed by atoms with E-state index in [1.807, 2.05) is 19.1 Å². The highest BCUT2D eigenvalue weighted by Gasteiger charge is 2.05. The van der Waals surface area contributed by atoms with E-state index in [0.29, 0.717) is 10.8 Å². The highest BCUT2D eigenvalue weighted by atomic mass is 35.5. The van der Waals surface area contributed by atoms with Crippen LogP contribution in [-0.4, -0.2) is 18.8 Å². The lowest BCUT2D eigenvalue weighted by Crippen LogP contribution is -1.94. The molecular weight excluding hydrogens is 200 g/mol. The maximum atomic E-state index is 8.73. The van der Waals surface area contributed by atoms with E-state index in [2.05, 4.69) is 0 Å². The van der Waals surface area contributed by atoms with Crippen LogP contribution >= 0.6 is 11.6 Å². The third kappa shape index (κ3) is 2.63. The third-order valence-electron chi connectivity index (χ3n) is 2.21. The van der Waals surface area contributed by atoms with Crippen molar-refractivity contribution in [3.8, 4) is 5.75 Å². The standard InChI is InChI=1S/C11H15ClO2/c1-8-6-11(14-2)10(12)7-9(8)4-3-5-13/h6-7,13H,3-5H2,1-2H3. The Labute approximate surface area is 89.5 Å². The second-order valence-electron chi connectivity index (χ2n) is 3.24. The van der Waals surface area contributed by atoms with Gasteiger partial charge in [0.2, 0.25) is 0 Å². The summed E-state index contributed by atoms with van der Waals surface area (Å²) in [7, 11) is 1.61. The van der Waals surface area contributed by atoms with E-state index in [1.54, 1.807) is 7.11 Å². The second-order valence-corrected chi connectivity index (χ2v) is 3.65. The average molecular weight is 215 g/mol. The van der Waals surface area contributed by atoms with Crippen LogP contribution in [-0.2, 0) is 6.42 Å². The number of halogens is 1. The number of hydrogen-bond acceptors (Lipinski definition) is 2. The van der Waals surface area contributed by atoms with Crippen LogP contribution in [0.1, 0.15) is 17.5 Å². The van der Waals surface area contributed by atoms with E-state index in [4.69, 9.17) is 21.4 Å². The van der Waals surface area contributed by atoms with Crippen LogP contribution in [0.4, 0.5) is 0 Å². The maximum absolute atomic E-state index is 8.73. The van der Waals surface area contributed by atoms with Crippen LogP contribution in [0.25, 0.3) is 0 Å². The van der Waals surface area contributed by atoms with Gasteiger partial charge in [0, 0.05) is 6.61 Å². The number of rotatable bonds is 4. The summed E-state index contributed by atoms with van der Waals surface area (Å²) >= 11 is 5.99. The van der Waals surface area contributed by atoms with Crippen LogP contribution in [0.3, 0.4) is 0 Å². The first kappa shape index (κ1) is 11.3. The highest BCUT2D eigenvalue weighted by Crippen LogP contribution is 2.28. The normalized spacial score (nSPS) is 10.3. The van der Waals surface area contributed by atoms with Gasteiger partial charge in [0.15, 0.2) is 0 Å². The Balaban J connectivity index is 2.90. The molecule has 0 bridgehead atoms. The lowest BCUT2D eigenvalue weighted by Gasteiger charge is -2.09. The van der Waals surface area contributed by atoms with Crippen molar-refractivity contribution in [2.45, 2.75) is 19.8 Å². The smallest absolute Gasteiger partial charge is 0.137 e. The molecule has 0 aliphatic rings. The molecule has 0 fully saturated rings. The summed E-state index contributed by atoms with van der Waals surface area (Å²) in [6.07, 6.45) is 1.62. The molecule has 1 aromatic carbocycles. The van der Waals surface area contributed by atoms with Crippen molar-refractivity contribution in [3.05, 3.63) is 28.3 Å². The zero-order valence-corrected chi connectivity index (χ0v) is 9.27. The first-order chi connectivity index (χ1) is 6.69. The van der Waals surface area contributed by atoms with Gasteiger partial charge in [-0.1, -0.05) is 11.6 Å². The predicted octanol–water partition coefficient (Wildman–Crippen LogP) is 2.58. The van der Waals surface area contributed by atoms with Crippen LogP contribution in [0.15, 0.2) is 12.1 Å². The lowest BCUT2D eigenvalue weighted by molar-refractivity contribution is 0.288. The van der Waals surface area contributed by atoms with E-state index in [1.165, 1.54) is 5.56 Å². The van der Waals surface area contributed by atoms with Crippen molar-refractivity contribution in [2.24, 2.45) is 0 Å². The topological polar surface area (TPSA) is 29.5 Å². The maximum Gasteiger partial charge on any atom is 0.137 e. The fourth-order valence-corrected chi connectivity index (χ4v) is 1.65. The lowest BCUT2D eigenvalue weighted by atomic mass is 10.0. The van der Waals surface area contributed by atoms with Gasteiger partial charge in [0.1, 0.15) is 5.75 Å². The van der Waals surface area contributed by atoms with Gasteiger partial charge in [0.05, 0.1) is 12.1 Å². The van der Waals surface area contributed by atoms with E-state index >= 15 is 0 Å². The Hall–Kier alpha value is -0.730. The molecule has 1 rings (SSSR count). The first-order valence-corrected chi connectivity index (χ1v) is 5.00. The molecule has 0 atom stereocenters. The zero-order valence-electron chi connectivity index (χ0n) is 8.51. The fraction of sp³-hybridized carbons (Fsp3) is 0.455. The van der Waals surface area contributed by atoms with Gasteiger partial charge in [-0.25, -0.2) is 0 Å². The summed E-state index contributed by atoms with van der Waals surface area (Å²) in [6, 6.07) is 3.83. The molecule has 1 aromatic rings. The molecule has 78 valence electrons. The van der Waals surface area contributed by atoms with E-state index in [9.17, 15) is 0 Å². The third-order valence-corrected chi connectivity index (χ3v) is 2.51. The molecule has 0 aliphatic heterocycles. The van der Waals surface area contributed by atoms with Crippen molar-refractivity contribution in [3.63, 3.8) is 0 Å². The number of benzene rings is 1. The molecule has 0 heterocycles. The molecule has 0 unspecified atom stereocenters. The molecular formula is C11H15ClO2. The monoisotopic (exact) mass is 214 g/mol.